The van der Waals surface area contributed by atoms with Gasteiger partial charge in [-0.15, -0.1) is 0 Å². The molecule has 10 heteroatoms. The van der Waals surface area contributed by atoms with Gasteiger partial charge in [-0.05, 0) is 115 Å². The average Bonchev–Trinajstić information content (AvgIpc) is 3.72. The van der Waals surface area contributed by atoms with Crippen LogP contribution in [0.2, 0.25) is 0 Å². The van der Waals surface area contributed by atoms with Gasteiger partial charge in [0.15, 0.2) is 0 Å². The van der Waals surface area contributed by atoms with E-state index in [1.165, 1.54) is 32.1 Å². The number of nitrogens with zero attached hydrogens (tertiary/aromatic N) is 2. The lowest BCUT2D eigenvalue weighted by molar-refractivity contribution is -0.199. The molecular weight excluding hydrogens is 672 g/mol. The molecule has 11 rings (SSSR count). The van der Waals surface area contributed by atoms with Crippen molar-refractivity contribution in [2.24, 2.45) is 52.8 Å². The van der Waals surface area contributed by atoms with Crippen LogP contribution in [0, 0.1) is 70.7 Å². The fourth-order valence-corrected chi connectivity index (χ4v) is 12.8. The van der Waals surface area contributed by atoms with Crippen molar-refractivity contribution in [2.45, 2.75) is 140 Å². The van der Waals surface area contributed by atoms with E-state index in [0.717, 1.165) is 43.9 Å². The molecule has 11 fully saturated rings. The molecule has 10 nitrogen and oxygen atoms in total. The smallest absolute Gasteiger partial charge is 0.333 e. The second kappa shape index (κ2) is 13.1. The largest absolute Gasteiger partial charge is 0.458 e. The zero-order valence-electron chi connectivity index (χ0n) is 31.7. The van der Waals surface area contributed by atoms with Gasteiger partial charge in [0.05, 0.1) is 23.8 Å². The van der Waals surface area contributed by atoms with Gasteiger partial charge in [-0.2, -0.15) is 5.26 Å². The van der Waals surface area contributed by atoms with E-state index in [9.17, 15) is 24.4 Å². The van der Waals surface area contributed by atoms with Gasteiger partial charge in [0.25, 0.3) is 0 Å². The topological polar surface area (TPSA) is 133 Å². The second-order valence-corrected chi connectivity index (χ2v) is 18.8. The summed E-state index contributed by atoms with van der Waals surface area (Å²) in [6.45, 7) is 25.6. The third-order valence-corrected chi connectivity index (χ3v) is 14.5. The molecule has 10 aliphatic carbocycles. The summed E-state index contributed by atoms with van der Waals surface area (Å²) in [6.07, 6.45) is 12.2. The predicted octanol–water partition coefficient (Wildman–Crippen LogP) is 7.39. The van der Waals surface area contributed by atoms with Crippen LogP contribution in [0.1, 0.15) is 111 Å². The number of rotatable bonds is 6. The van der Waals surface area contributed by atoms with Gasteiger partial charge in [-0.3, -0.25) is 4.79 Å². The standard InChI is InChI=1S/C16H18N2O2.C15H22O2.C12H14O4/c1-11(2)13(19)20-16-6-12-4-14(8-16,10-17)7-15(5-12,9-16)18-3;1-9(2)14(16)17-15(3)12-5-10-4-11(7-12)8-13(15)6-10;1-5(2)11(13)15-9-6-3-7-8(4-6)12(14)16-10(7)9/h12H,1,4-9H2,2H3;10-13H,1,4-8H2,2-3H3;6-10H,1,3-4H2,2H3. The number of hydrogen-bond acceptors (Lipinski definition) is 9. The van der Waals surface area contributed by atoms with E-state index in [1.807, 2.05) is 0 Å². The Hall–Kier alpha value is -3.92. The summed E-state index contributed by atoms with van der Waals surface area (Å²) in [5.41, 5.74) is -0.490. The van der Waals surface area contributed by atoms with Crippen molar-refractivity contribution in [3.63, 3.8) is 0 Å². The molecule has 0 spiro atoms. The molecule has 10 saturated carbocycles. The molecule has 11 aliphatic rings. The minimum atomic E-state index is -0.615. The monoisotopic (exact) mass is 726 g/mol. The van der Waals surface area contributed by atoms with E-state index in [0.29, 0.717) is 59.7 Å². The zero-order valence-corrected chi connectivity index (χ0v) is 31.7. The molecule has 0 radical (unpaired) electrons. The number of ether oxygens (including phenoxy) is 4. The van der Waals surface area contributed by atoms with Crippen LogP contribution >= 0.6 is 0 Å². The van der Waals surface area contributed by atoms with Crippen molar-refractivity contribution < 1.29 is 38.1 Å². The minimum Gasteiger partial charge on any atom is -0.458 e. The first-order chi connectivity index (χ1) is 24.9. The van der Waals surface area contributed by atoms with Crippen LogP contribution in [0.3, 0.4) is 0 Å². The zero-order chi connectivity index (χ0) is 38.2. The van der Waals surface area contributed by atoms with Crippen LogP contribution in [0.4, 0.5) is 0 Å². The number of carbonyl (C=O) groups is 4. The van der Waals surface area contributed by atoms with E-state index in [-0.39, 0.29) is 53.5 Å². The average molecular weight is 727 g/mol. The molecule has 9 unspecified atom stereocenters. The summed E-state index contributed by atoms with van der Waals surface area (Å²) >= 11 is 0. The number of nitriles is 1. The molecule has 0 amide bonds. The molecule has 10 bridgehead atoms. The summed E-state index contributed by atoms with van der Waals surface area (Å²) in [5.74, 6) is 2.93. The lowest BCUT2D eigenvalue weighted by atomic mass is 9.46. The Balaban J connectivity index is 0.000000124. The number of hydrogen-bond donors (Lipinski definition) is 0. The maximum absolute atomic E-state index is 11.9. The first kappa shape index (κ1) is 37.4. The fourth-order valence-electron chi connectivity index (χ4n) is 12.8. The van der Waals surface area contributed by atoms with Crippen molar-refractivity contribution in [2.75, 3.05) is 0 Å². The Morgan fingerprint density at radius 1 is 0.811 bits per heavy atom. The molecule has 53 heavy (non-hydrogen) atoms. The fraction of sp³-hybridized carbons (Fsp3) is 0.721. The van der Waals surface area contributed by atoms with Gasteiger partial charge >= 0.3 is 23.9 Å². The number of carbonyl (C=O) groups excluding carboxylic acids is 4. The van der Waals surface area contributed by atoms with Crippen LogP contribution in [0.5, 0.6) is 0 Å². The van der Waals surface area contributed by atoms with Gasteiger partial charge in [0, 0.05) is 47.8 Å². The molecule has 0 N–H and O–H groups in total. The lowest BCUT2D eigenvalue weighted by Gasteiger charge is -2.59. The van der Waals surface area contributed by atoms with E-state index in [4.69, 9.17) is 25.5 Å². The molecular formula is C43H54N2O8. The Kier molecular flexibility index (Phi) is 9.27. The highest BCUT2D eigenvalue weighted by Gasteiger charge is 2.69. The first-order valence-electron chi connectivity index (χ1n) is 19.6. The summed E-state index contributed by atoms with van der Waals surface area (Å²) in [4.78, 5) is 50.6. The third-order valence-electron chi connectivity index (χ3n) is 14.5. The van der Waals surface area contributed by atoms with Gasteiger partial charge in [-0.25, -0.2) is 21.0 Å². The summed E-state index contributed by atoms with van der Waals surface area (Å²) in [6, 6.07) is 2.44. The van der Waals surface area contributed by atoms with Crippen molar-refractivity contribution >= 4 is 23.9 Å². The normalized spacial score (nSPS) is 44.9. The SMILES string of the molecule is C=C(C)C(=O)OC1(C)C2CC3CC(C2)CC1C3.C=C(C)C(=O)OC1C2CC3C(=O)OC1C3C2.[C-]#[N+]C12CC3CC(C#N)(C1)CC(OC(=O)C(=C)C)(C3)C2. The first-order valence-corrected chi connectivity index (χ1v) is 19.6. The quantitative estimate of drug-likeness (QED) is 0.119. The summed E-state index contributed by atoms with van der Waals surface area (Å²) < 4.78 is 22.2. The number of fused-ring (bicyclic) bond motifs is 1. The Morgan fingerprint density at radius 2 is 1.42 bits per heavy atom. The van der Waals surface area contributed by atoms with Gasteiger partial charge in [-0.1, -0.05) is 19.7 Å². The molecule has 0 aromatic carbocycles. The van der Waals surface area contributed by atoms with Gasteiger partial charge in [0.2, 0.25) is 5.54 Å². The molecule has 9 atom stereocenters. The molecule has 1 aliphatic heterocycles. The second-order valence-electron chi connectivity index (χ2n) is 18.8. The van der Waals surface area contributed by atoms with Crippen LogP contribution in [0.15, 0.2) is 36.5 Å². The van der Waals surface area contributed by atoms with E-state index >= 15 is 0 Å². The Labute approximate surface area is 313 Å². The minimum absolute atomic E-state index is 0.0646. The van der Waals surface area contributed by atoms with Crippen LogP contribution in [0.25, 0.3) is 4.85 Å². The summed E-state index contributed by atoms with van der Waals surface area (Å²) in [7, 11) is 0. The van der Waals surface area contributed by atoms with Crippen LogP contribution < -0.4 is 0 Å². The van der Waals surface area contributed by atoms with Crippen molar-refractivity contribution in [3.8, 4) is 6.07 Å². The summed E-state index contributed by atoms with van der Waals surface area (Å²) in [5, 5.41) is 9.59. The predicted molar refractivity (Wildman–Crippen MR) is 193 cm³/mol. The van der Waals surface area contributed by atoms with Gasteiger partial charge < -0.3 is 23.8 Å². The third kappa shape index (κ3) is 6.53. The van der Waals surface area contributed by atoms with Crippen LogP contribution in [-0.4, -0.2) is 52.8 Å². The van der Waals surface area contributed by atoms with Crippen molar-refractivity contribution in [3.05, 3.63) is 47.9 Å². The lowest BCUT2D eigenvalue weighted by Crippen LogP contribution is -2.63. The van der Waals surface area contributed by atoms with E-state index < -0.39 is 16.6 Å². The molecule has 1 saturated heterocycles. The maximum atomic E-state index is 11.9. The van der Waals surface area contributed by atoms with Crippen molar-refractivity contribution in [1.29, 1.82) is 5.26 Å². The highest BCUT2D eigenvalue weighted by molar-refractivity contribution is 5.88. The number of esters is 4. The molecule has 284 valence electrons. The highest BCUT2D eigenvalue weighted by Crippen LogP contribution is 2.65. The molecule has 0 aromatic rings. The molecule has 0 aromatic heterocycles. The van der Waals surface area contributed by atoms with Crippen molar-refractivity contribution in [1.82, 2.24) is 0 Å². The van der Waals surface area contributed by atoms with Gasteiger partial charge in [0.1, 0.15) is 23.4 Å². The Bertz CT molecular complexity index is 1670. The van der Waals surface area contributed by atoms with Crippen LogP contribution in [-0.2, 0) is 38.1 Å². The maximum Gasteiger partial charge on any atom is 0.333 e. The van der Waals surface area contributed by atoms with E-state index in [1.54, 1.807) is 20.8 Å². The van der Waals surface area contributed by atoms with E-state index in [2.05, 4.69) is 37.6 Å². The molecule has 1 heterocycles. The Morgan fingerprint density at radius 3 is 1.98 bits per heavy atom. The highest BCUT2D eigenvalue weighted by atomic mass is 16.6.